The molecule has 21 heavy (non-hydrogen) atoms. The van der Waals surface area contributed by atoms with Crippen molar-refractivity contribution in [1.82, 2.24) is 9.80 Å². The first-order chi connectivity index (χ1) is 9.97. The summed E-state index contributed by atoms with van der Waals surface area (Å²) in [6.45, 7) is 14.6. The highest BCUT2D eigenvalue weighted by atomic mass is 15.2. The monoisotopic (exact) mass is 286 g/mol. The highest BCUT2D eigenvalue weighted by Gasteiger charge is 2.05. The summed E-state index contributed by atoms with van der Waals surface area (Å²) < 4.78 is 0. The Morgan fingerprint density at radius 2 is 1.86 bits per heavy atom. The lowest BCUT2D eigenvalue weighted by Crippen LogP contribution is -2.30. The molecule has 0 radical (unpaired) electrons. The third kappa shape index (κ3) is 5.86. The Balaban J connectivity index is 2.67. The average Bonchev–Trinajstić information content (AvgIpc) is 2.45. The van der Waals surface area contributed by atoms with Crippen molar-refractivity contribution in [3.63, 3.8) is 0 Å². The number of nitrogens with zero attached hydrogens (tertiary/aromatic N) is 2. The van der Waals surface area contributed by atoms with Gasteiger partial charge < -0.3 is 9.80 Å². The third-order valence-electron chi connectivity index (χ3n) is 3.94. The smallest absolute Gasteiger partial charge is 0.0231 e. The molecule has 0 aliphatic carbocycles. The maximum atomic E-state index is 3.77. The van der Waals surface area contributed by atoms with Crippen LogP contribution < -0.4 is 0 Å². The number of allylic oxidation sites excluding steroid dienone is 3. The van der Waals surface area contributed by atoms with Crippen molar-refractivity contribution in [2.24, 2.45) is 0 Å². The Morgan fingerprint density at radius 3 is 2.43 bits per heavy atom. The largest absolute Gasteiger partial charge is 0.305 e. The summed E-state index contributed by atoms with van der Waals surface area (Å²) in [4.78, 5) is 4.72. The van der Waals surface area contributed by atoms with Gasteiger partial charge in [-0.2, -0.15) is 0 Å². The maximum Gasteiger partial charge on any atom is 0.0231 e. The van der Waals surface area contributed by atoms with Crippen LogP contribution in [0.3, 0.4) is 0 Å². The molecule has 0 aliphatic rings. The zero-order valence-corrected chi connectivity index (χ0v) is 14.3. The first-order valence-electron chi connectivity index (χ1n) is 7.74. The molecular formula is C19H30N2. The van der Waals surface area contributed by atoms with Crippen LogP contribution in [0.25, 0.3) is 5.57 Å². The lowest BCUT2D eigenvalue weighted by molar-refractivity contribution is 0.258. The van der Waals surface area contributed by atoms with E-state index in [2.05, 4.69) is 75.5 Å². The van der Waals surface area contributed by atoms with Crippen molar-refractivity contribution < 1.29 is 0 Å². The van der Waals surface area contributed by atoms with Gasteiger partial charge in [0.1, 0.15) is 0 Å². The Hall–Kier alpha value is -1.38. The van der Waals surface area contributed by atoms with Crippen LogP contribution in [-0.2, 0) is 6.54 Å². The molecule has 0 saturated carbocycles. The molecule has 0 amide bonds. The van der Waals surface area contributed by atoms with E-state index in [1.165, 1.54) is 22.3 Å². The summed E-state index contributed by atoms with van der Waals surface area (Å²) in [7, 11) is 4.36. The third-order valence-corrected chi connectivity index (χ3v) is 3.94. The van der Waals surface area contributed by atoms with Crippen LogP contribution in [-0.4, -0.2) is 43.5 Å². The molecule has 0 aliphatic heterocycles. The first kappa shape index (κ1) is 17.7. The standard InChI is InChI=1S/C19H30N2/c1-7-9-16(3)19-11-10-18(14-17(19)4)15-21(6)13-12-20(5)8-2/h7,9-11,14H,1,8,12-13,15H2,2-6H3. The van der Waals surface area contributed by atoms with Gasteiger partial charge in [0.25, 0.3) is 0 Å². The molecule has 0 atom stereocenters. The van der Waals surface area contributed by atoms with Gasteiger partial charge in [-0.05, 0) is 56.8 Å². The van der Waals surface area contributed by atoms with Gasteiger partial charge in [0.15, 0.2) is 0 Å². The summed E-state index contributed by atoms with van der Waals surface area (Å²) in [5.41, 5.74) is 5.30. The summed E-state index contributed by atoms with van der Waals surface area (Å²) in [5, 5.41) is 0. The fraction of sp³-hybridized carbons (Fsp3) is 0.474. The van der Waals surface area contributed by atoms with Gasteiger partial charge in [-0.3, -0.25) is 0 Å². The molecule has 0 fully saturated rings. The van der Waals surface area contributed by atoms with E-state index in [9.17, 15) is 0 Å². The average molecular weight is 286 g/mol. The van der Waals surface area contributed by atoms with E-state index < -0.39 is 0 Å². The lowest BCUT2D eigenvalue weighted by atomic mass is 9.99. The van der Waals surface area contributed by atoms with Gasteiger partial charge in [-0.25, -0.2) is 0 Å². The lowest BCUT2D eigenvalue weighted by Gasteiger charge is -2.21. The molecule has 0 N–H and O–H groups in total. The normalized spacial score (nSPS) is 12.2. The fourth-order valence-corrected chi connectivity index (χ4v) is 2.42. The van der Waals surface area contributed by atoms with Crippen molar-refractivity contribution in [2.75, 3.05) is 33.7 Å². The Morgan fingerprint density at radius 1 is 1.19 bits per heavy atom. The van der Waals surface area contributed by atoms with Crippen molar-refractivity contribution in [2.45, 2.75) is 27.3 Å². The first-order valence-corrected chi connectivity index (χ1v) is 7.74. The summed E-state index contributed by atoms with van der Waals surface area (Å²) in [6, 6.07) is 6.77. The number of hydrogen-bond acceptors (Lipinski definition) is 2. The minimum absolute atomic E-state index is 1.00. The van der Waals surface area contributed by atoms with Gasteiger partial charge in [-0.1, -0.05) is 43.9 Å². The van der Waals surface area contributed by atoms with Crippen molar-refractivity contribution in [1.29, 1.82) is 0 Å². The van der Waals surface area contributed by atoms with Crippen LogP contribution in [0.2, 0.25) is 0 Å². The number of likely N-dealkylation sites (N-methyl/N-ethyl adjacent to an activating group) is 2. The predicted octanol–water partition coefficient (Wildman–Crippen LogP) is 3.97. The zero-order chi connectivity index (χ0) is 15.8. The minimum atomic E-state index is 1.00. The van der Waals surface area contributed by atoms with Gasteiger partial charge in [0.05, 0.1) is 0 Å². The zero-order valence-electron chi connectivity index (χ0n) is 14.3. The van der Waals surface area contributed by atoms with E-state index in [0.29, 0.717) is 0 Å². The number of benzene rings is 1. The second kappa shape index (κ2) is 8.81. The molecule has 0 spiro atoms. The van der Waals surface area contributed by atoms with E-state index in [1.54, 1.807) is 0 Å². The fourth-order valence-electron chi connectivity index (χ4n) is 2.42. The van der Waals surface area contributed by atoms with E-state index in [0.717, 1.165) is 26.2 Å². The Kier molecular flexibility index (Phi) is 7.41. The number of hydrogen-bond donors (Lipinski definition) is 0. The van der Waals surface area contributed by atoms with Crippen LogP contribution in [0.4, 0.5) is 0 Å². The maximum absolute atomic E-state index is 3.77. The summed E-state index contributed by atoms with van der Waals surface area (Å²) in [5.74, 6) is 0. The predicted molar refractivity (Wildman–Crippen MR) is 94.5 cm³/mol. The van der Waals surface area contributed by atoms with Crippen LogP contribution in [0.1, 0.15) is 30.5 Å². The van der Waals surface area contributed by atoms with Gasteiger partial charge in [0, 0.05) is 19.6 Å². The molecular weight excluding hydrogens is 256 g/mol. The van der Waals surface area contributed by atoms with Crippen LogP contribution >= 0.6 is 0 Å². The molecule has 0 unspecified atom stereocenters. The second-order valence-corrected chi connectivity index (χ2v) is 5.87. The molecule has 1 aromatic rings. The van der Waals surface area contributed by atoms with Crippen molar-refractivity contribution in [3.05, 3.63) is 53.6 Å². The molecule has 0 bridgehead atoms. The quantitative estimate of drug-likeness (QED) is 0.667. The van der Waals surface area contributed by atoms with Crippen molar-refractivity contribution >= 4 is 5.57 Å². The second-order valence-electron chi connectivity index (χ2n) is 5.87. The molecule has 1 aromatic carbocycles. The van der Waals surface area contributed by atoms with Crippen LogP contribution in [0.5, 0.6) is 0 Å². The summed E-state index contributed by atoms with van der Waals surface area (Å²) in [6.07, 6.45) is 3.91. The Labute approximate surface area is 130 Å². The topological polar surface area (TPSA) is 6.48 Å². The van der Waals surface area contributed by atoms with Crippen LogP contribution in [0.15, 0.2) is 36.9 Å². The number of rotatable bonds is 8. The summed E-state index contributed by atoms with van der Waals surface area (Å²) >= 11 is 0. The molecule has 0 aromatic heterocycles. The molecule has 2 heteroatoms. The number of aryl methyl sites for hydroxylation is 1. The SMILES string of the molecule is C=CC=C(C)c1ccc(CN(C)CCN(C)CC)cc1C. The van der Waals surface area contributed by atoms with Crippen LogP contribution in [0, 0.1) is 6.92 Å². The molecule has 0 saturated heterocycles. The molecule has 1 rings (SSSR count). The van der Waals surface area contributed by atoms with Gasteiger partial charge in [0.2, 0.25) is 0 Å². The van der Waals surface area contributed by atoms with E-state index in [-0.39, 0.29) is 0 Å². The van der Waals surface area contributed by atoms with Crippen molar-refractivity contribution in [3.8, 4) is 0 Å². The highest BCUT2D eigenvalue weighted by Crippen LogP contribution is 2.20. The Bertz CT molecular complexity index is 488. The van der Waals surface area contributed by atoms with Gasteiger partial charge in [-0.15, -0.1) is 0 Å². The van der Waals surface area contributed by atoms with E-state index >= 15 is 0 Å². The minimum Gasteiger partial charge on any atom is -0.305 e. The molecule has 0 heterocycles. The van der Waals surface area contributed by atoms with E-state index in [4.69, 9.17) is 0 Å². The highest BCUT2D eigenvalue weighted by molar-refractivity contribution is 5.68. The molecule has 116 valence electrons. The van der Waals surface area contributed by atoms with E-state index in [1.807, 2.05) is 6.08 Å². The van der Waals surface area contributed by atoms with Gasteiger partial charge >= 0.3 is 0 Å². The molecule has 2 nitrogen and oxygen atoms in total.